The fraction of sp³-hybridized carbons (Fsp3) is 0.278. The van der Waals surface area contributed by atoms with Crippen LogP contribution in [0.2, 0.25) is 0 Å². The molecule has 1 amide bonds. The second-order valence-electron chi connectivity index (χ2n) is 5.55. The number of aromatic amines is 1. The van der Waals surface area contributed by atoms with Gasteiger partial charge in [-0.15, -0.1) is 0 Å². The van der Waals surface area contributed by atoms with Gasteiger partial charge < -0.3 is 20.1 Å². The first-order valence-electron chi connectivity index (χ1n) is 7.81. The highest BCUT2D eigenvalue weighted by Gasteiger charge is 2.21. The number of benzene rings is 1. The number of carboxylic acid groups (broad SMARTS) is 1. The third-order valence-electron chi connectivity index (χ3n) is 3.70. The first-order valence-corrected chi connectivity index (χ1v) is 7.81. The van der Waals surface area contributed by atoms with Crippen LogP contribution in [-0.4, -0.2) is 34.4 Å². The molecule has 0 radical (unpaired) electrons. The summed E-state index contributed by atoms with van der Waals surface area (Å²) in [6.45, 7) is 4.70. The van der Waals surface area contributed by atoms with Crippen LogP contribution in [0.1, 0.15) is 46.0 Å². The molecule has 0 unspecified atom stereocenters. The Balaban J connectivity index is 2.16. The lowest BCUT2D eigenvalue weighted by atomic mass is 10.0. The molecule has 0 bridgehead atoms. The first kappa shape index (κ1) is 18.3. The average Bonchev–Trinajstić information content (AvgIpc) is 2.90. The highest BCUT2D eigenvalue weighted by Crippen LogP contribution is 2.22. The number of aromatic nitrogens is 1. The zero-order valence-electron chi connectivity index (χ0n) is 14.3. The Morgan fingerprint density at radius 3 is 2.36 bits per heavy atom. The van der Waals surface area contributed by atoms with Gasteiger partial charge in [-0.3, -0.25) is 9.59 Å². The third kappa shape index (κ3) is 4.26. The zero-order chi connectivity index (χ0) is 18.6. The van der Waals surface area contributed by atoms with Crippen molar-refractivity contribution in [3.63, 3.8) is 0 Å². The predicted octanol–water partition coefficient (Wildman–Crippen LogP) is 2.80. The van der Waals surface area contributed by atoms with Crippen LogP contribution in [-0.2, 0) is 11.2 Å². The quantitative estimate of drug-likeness (QED) is 0.669. The van der Waals surface area contributed by atoms with Gasteiger partial charge in [0.1, 0.15) is 11.4 Å². The average molecular weight is 344 g/mol. The summed E-state index contributed by atoms with van der Waals surface area (Å²) in [6, 6.07) is 6.37. The minimum Gasteiger partial charge on any atom is -0.482 e. The number of hydrogen-bond donors (Lipinski definition) is 3. The smallest absolute Gasteiger partial charge is 0.341 e. The number of rotatable bonds is 7. The van der Waals surface area contributed by atoms with Crippen LogP contribution in [0.3, 0.4) is 0 Å². The minimum atomic E-state index is -1.06. The Labute approximate surface area is 145 Å². The lowest BCUT2D eigenvalue weighted by Crippen LogP contribution is -2.15. The fourth-order valence-electron chi connectivity index (χ4n) is 2.67. The van der Waals surface area contributed by atoms with Gasteiger partial charge in [-0.1, -0.05) is 6.92 Å². The van der Waals surface area contributed by atoms with Crippen molar-refractivity contribution in [2.24, 2.45) is 0 Å². The molecule has 7 nitrogen and oxygen atoms in total. The molecule has 0 aliphatic rings. The number of amides is 1. The Hall–Kier alpha value is -3.09. The second kappa shape index (κ2) is 7.65. The summed E-state index contributed by atoms with van der Waals surface area (Å²) in [5, 5.41) is 11.3. The van der Waals surface area contributed by atoms with Crippen LogP contribution >= 0.6 is 0 Å². The molecule has 7 heteroatoms. The number of ketones is 1. The van der Waals surface area contributed by atoms with Crippen molar-refractivity contribution < 1.29 is 24.2 Å². The maximum Gasteiger partial charge on any atom is 0.341 e. The van der Waals surface area contributed by atoms with Gasteiger partial charge in [0.15, 0.2) is 12.4 Å². The lowest BCUT2D eigenvalue weighted by Gasteiger charge is -2.08. The zero-order valence-corrected chi connectivity index (χ0v) is 14.3. The summed E-state index contributed by atoms with van der Waals surface area (Å²) in [6.07, 6.45) is 0.559. The molecule has 1 aromatic carbocycles. The molecule has 0 atom stereocenters. The van der Waals surface area contributed by atoms with E-state index in [9.17, 15) is 14.4 Å². The van der Waals surface area contributed by atoms with Crippen molar-refractivity contribution in [3.8, 4) is 5.75 Å². The Morgan fingerprint density at radius 1 is 1.20 bits per heavy atom. The van der Waals surface area contributed by atoms with E-state index >= 15 is 0 Å². The van der Waals surface area contributed by atoms with Crippen LogP contribution in [0.4, 0.5) is 5.69 Å². The van der Waals surface area contributed by atoms with Crippen LogP contribution < -0.4 is 10.1 Å². The lowest BCUT2D eigenvalue weighted by molar-refractivity contribution is -0.139. The summed E-state index contributed by atoms with van der Waals surface area (Å²) in [7, 11) is 0. The van der Waals surface area contributed by atoms with Gasteiger partial charge in [0.05, 0.1) is 0 Å². The van der Waals surface area contributed by atoms with Gasteiger partial charge in [0.25, 0.3) is 5.91 Å². The van der Waals surface area contributed by atoms with Crippen molar-refractivity contribution in [3.05, 3.63) is 46.8 Å². The van der Waals surface area contributed by atoms with Crippen molar-refractivity contribution in [2.75, 3.05) is 11.9 Å². The van der Waals surface area contributed by atoms with Crippen molar-refractivity contribution in [1.29, 1.82) is 0 Å². The van der Waals surface area contributed by atoms with E-state index in [1.165, 1.54) is 6.92 Å². The Morgan fingerprint density at radius 2 is 1.84 bits per heavy atom. The van der Waals surface area contributed by atoms with Crippen LogP contribution in [0, 0.1) is 6.92 Å². The number of aliphatic carboxylic acids is 1. The number of hydrogen-bond acceptors (Lipinski definition) is 4. The molecule has 1 heterocycles. The number of ether oxygens (including phenoxy) is 1. The number of anilines is 1. The molecule has 2 aromatic rings. The predicted molar refractivity (Wildman–Crippen MR) is 92.4 cm³/mol. The summed E-state index contributed by atoms with van der Waals surface area (Å²) in [4.78, 5) is 37.8. The van der Waals surface area contributed by atoms with Crippen molar-refractivity contribution in [2.45, 2.75) is 27.2 Å². The minimum absolute atomic E-state index is 0.0791. The number of H-pyrrole nitrogens is 1. The van der Waals surface area contributed by atoms with E-state index in [4.69, 9.17) is 9.84 Å². The van der Waals surface area contributed by atoms with E-state index in [0.29, 0.717) is 40.4 Å². The number of nitrogens with one attached hydrogen (secondary N) is 2. The largest absolute Gasteiger partial charge is 0.482 e. The van der Waals surface area contributed by atoms with Crippen molar-refractivity contribution in [1.82, 2.24) is 4.98 Å². The highest BCUT2D eigenvalue weighted by atomic mass is 16.5. The molecule has 0 aliphatic heterocycles. The van der Waals surface area contributed by atoms with Gasteiger partial charge in [-0.2, -0.15) is 0 Å². The Kier molecular flexibility index (Phi) is 5.59. The molecular formula is C18H20N2O5. The molecule has 2 rings (SSSR count). The Bertz CT molecular complexity index is 806. The summed E-state index contributed by atoms with van der Waals surface area (Å²) >= 11 is 0. The number of Topliss-reactive ketones (excluding diaryl/α,β-unsaturated/α-hetero) is 1. The summed E-state index contributed by atoms with van der Waals surface area (Å²) < 4.78 is 5.04. The molecular weight excluding hydrogens is 324 g/mol. The molecule has 25 heavy (non-hydrogen) atoms. The highest BCUT2D eigenvalue weighted by molar-refractivity contribution is 6.07. The molecule has 0 aliphatic carbocycles. The summed E-state index contributed by atoms with van der Waals surface area (Å²) in [5.74, 6) is -1.09. The molecule has 1 aromatic heterocycles. The summed E-state index contributed by atoms with van der Waals surface area (Å²) in [5.41, 5.74) is 2.84. The fourth-order valence-corrected chi connectivity index (χ4v) is 2.67. The molecule has 0 saturated carbocycles. The van der Waals surface area contributed by atoms with E-state index in [0.717, 1.165) is 0 Å². The van der Waals surface area contributed by atoms with Gasteiger partial charge in [0.2, 0.25) is 0 Å². The van der Waals surface area contributed by atoms with E-state index in [1.807, 2.05) is 6.92 Å². The normalized spacial score (nSPS) is 10.4. The molecule has 3 N–H and O–H groups in total. The van der Waals surface area contributed by atoms with Crippen LogP contribution in [0.15, 0.2) is 24.3 Å². The SMILES string of the molecule is CCc1c(C(=O)Nc2ccc(OCC(=O)O)cc2)[nH]c(C)c1C(C)=O. The van der Waals surface area contributed by atoms with E-state index in [1.54, 1.807) is 31.2 Å². The first-order chi connectivity index (χ1) is 11.8. The van der Waals surface area contributed by atoms with Gasteiger partial charge in [-0.05, 0) is 50.1 Å². The van der Waals surface area contributed by atoms with Gasteiger partial charge >= 0.3 is 5.97 Å². The van der Waals surface area contributed by atoms with Gasteiger partial charge in [-0.25, -0.2) is 4.79 Å². The molecule has 0 fully saturated rings. The number of aryl methyl sites for hydroxylation is 1. The van der Waals surface area contributed by atoms with E-state index in [2.05, 4.69) is 10.3 Å². The van der Waals surface area contributed by atoms with E-state index < -0.39 is 12.6 Å². The van der Waals surface area contributed by atoms with Crippen molar-refractivity contribution >= 4 is 23.3 Å². The second-order valence-corrected chi connectivity index (χ2v) is 5.55. The van der Waals surface area contributed by atoms with Crippen LogP contribution in [0.25, 0.3) is 0 Å². The topological polar surface area (TPSA) is 108 Å². The van der Waals surface area contributed by atoms with Gasteiger partial charge in [0, 0.05) is 16.9 Å². The standard InChI is InChI=1S/C18H20N2O5/c1-4-14-16(11(3)21)10(2)19-17(14)18(24)20-12-5-7-13(8-6-12)25-9-15(22)23/h5-8,19H,4,9H2,1-3H3,(H,20,24)(H,22,23). The maximum absolute atomic E-state index is 12.5. The third-order valence-corrected chi connectivity index (χ3v) is 3.70. The van der Waals surface area contributed by atoms with Crippen LogP contribution in [0.5, 0.6) is 5.75 Å². The molecule has 0 saturated heterocycles. The number of carboxylic acids is 1. The number of carbonyl (C=O) groups is 3. The monoisotopic (exact) mass is 344 g/mol. The molecule has 132 valence electrons. The maximum atomic E-state index is 12.5. The molecule has 0 spiro atoms. The number of carbonyl (C=O) groups excluding carboxylic acids is 2. The van der Waals surface area contributed by atoms with E-state index in [-0.39, 0.29) is 11.7 Å².